The fourth-order valence-electron chi connectivity index (χ4n) is 1.96. The molecule has 0 aromatic carbocycles. The summed E-state index contributed by atoms with van der Waals surface area (Å²) in [6.07, 6.45) is 1.64. The van der Waals surface area contributed by atoms with E-state index in [4.69, 9.17) is 4.42 Å². The molecule has 0 spiro atoms. The molecule has 1 fully saturated rings. The third-order valence-electron chi connectivity index (χ3n) is 3.00. The van der Waals surface area contributed by atoms with Crippen molar-refractivity contribution in [1.29, 1.82) is 0 Å². The van der Waals surface area contributed by atoms with Gasteiger partial charge >= 0.3 is 0 Å². The van der Waals surface area contributed by atoms with E-state index >= 15 is 0 Å². The molecule has 1 aliphatic heterocycles. The predicted molar refractivity (Wildman–Crippen MR) is 66.2 cm³/mol. The Morgan fingerprint density at radius 3 is 2.72 bits per heavy atom. The summed E-state index contributed by atoms with van der Waals surface area (Å²) < 4.78 is 53.2. The van der Waals surface area contributed by atoms with Crippen LogP contribution in [0, 0.1) is 0 Å². The molecule has 0 radical (unpaired) electrons. The Balaban J connectivity index is 2.11. The zero-order chi connectivity index (χ0) is 13.4. The van der Waals surface area contributed by atoms with Crippen LogP contribution in [-0.4, -0.2) is 44.9 Å². The quantitative estimate of drug-likeness (QED) is 0.793. The van der Waals surface area contributed by atoms with E-state index in [1.807, 2.05) is 0 Å². The van der Waals surface area contributed by atoms with Gasteiger partial charge in [-0.15, -0.1) is 0 Å². The number of sulfone groups is 1. The second kappa shape index (κ2) is 4.67. The summed E-state index contributed by atoms with van der Waals surface area (Å²) in [6, 6.07) is 3.35. The van der Waals surface area contributed by atoms with Gasteiger partial charge in [-0.05, 0) is 18.6 Å². The van der Waals surface area contributed by atoms with E-state index in [-0.39, 0.29) is 24.5 Å². The molecule has 1 aromatic rings. The summed E-state index contributed by atoms with van der Waals surface area (Å²) in [5.74, 6) is 0.200. The van der Waals surface area contributed by atoms with Gasteiger partial charge in [-0.1, -0.05) is 0 Å². The molecule has 0 unspecified atom stereocenters. The Kier molecular flexibility index (Phi) is 3.52. The highest BCUT2D eigenvalue weighted by Crippen LogP contribution is 2.22. The molecule has 0 amide bonds. The molecule has 1 aliphatic rings. The second-order valence-corrected chi connectivity index (χ2v) is 8.95. The number of nitrogens with zero attached hydrogens (tertiary/aromatic N) is 1. The first kappa shape index (κ1) is 13.6. The summed E-state index contributed by atoms with van der Waals surface area (Å²) in [5, 5.41) is -0.831. The third-order valence-corrected chi connectivity index (χ3v) is 7.23. The Bertz CT molecular complexity index is 603. The molecule has 8 heteroatoms. The lowest BCUT2D eigenvalue weighted by Crippen LogP contribution is -2.36. The topological polar surface area (TPSA) is 84.7 Å². The van der Waals surface area contributed by atoms with Gasteiger partial charge in [0, 0.05) is 7.05 Å². The Morgan fingerprint density at radius 1 is 1.50 bits per heavy atom. The fourth-order valence-corrected chi connectivity index (χ4v) is 6.20. The molecule has 102 valence electrons. The van der Waals surface area contributed by atoms with Crippen molar-refractivity contribution in [2.45, 2.75) is 18.2 Å². The maximum Gasteiger partial charge on any atom is 0.218 e. The van der Waals surface area contributed by atoms with E-state index in [2.05, 4.69) is 0 Å². The van der Waals surface area contributed by atoms with Crippen molar-refractivity contribution in [2.75, 3.05) is 18.6 Å². The molecule has 0 N–H and O–H groups in total. The SMILES string of the molecule is CN(Cc1ccco1)S(=O)(=O)[C@H]1CCS(=O)(=O)C1. The van der Waals surface area contributed by atoms with Crippen LogP contribution in [0.2, 0.25) is 0 Å². The zero-order valence-electron chi connectivity index (χ0n) is 9.94. The van der Waals surface area contributed by atoms with Crippen molar-refractivity contribution in [3.63, 3.8) is 0 Å². The van der Waals surface area contributed by atoms with Gasteiger partial charge in [-0.25, -0.2) is 16.8 Å². The van der Waals surface area contributed by atoms with E-state index in [0.717, 1.165) is 4.31 Å². The summed E-state index contributed by atoms with van der Waals surface area (Å²) in [6.45, 7) is 0.117. The normalized spacial score (nSPS) is 23.6. The van der Waals surface area contributed by atoms with Crippen LogP contribution in [0.5, 0.6) is 0 Å². The maximum atomic E-state index is 12.2. The summed E-state index contributed by atoms with van der Waals surface area (Å²) in [7, 11) is -5.36. The lowest BCUT2D eigenvalue weighted by atomic mass is 10.4. The third kappa shape index (κ3) is 2.76. The Hall–Kier alpha value is -0.860. The van der Waals surface area contributed by atoms with Crippen molar-refractivity contribution in [3.8, 4) is 0 Å². The first-order valence-corrected chi connectivity index (χ1v) is 8.82. The minimum absolute atomic E-state index is 0.0501. The van der Waals surface area contributed by atoms with Crippen molar-refractivity contribution < 1.29 is 21.3 Å². The molecule has 1 atom stereocenters. The minimum Gasteiger partial charge on any atom is -0.468 e. The molecular weight excluding hydrogens is 278 g/mol. The van der Waals surface area contributed by atoms with E-state index in [0.29, 0.717) is 5.76 Å². The molecule has 1 aromatic heterocycles. The molecular formula is C10H15NO5S2. The minimum atomic E-state index is -3.59. The first-order valence-electron chi connectivity index (χ1n) is 5.49. The van der Waals surface area contributed by atoms with Crippen LogP contribution in [0.4, 0.5) is 0 Å². The molecule has 0 saturated carbocycles. The second-order valence-electron chi connectivity index (χ2n) is 4.41. The number of rotatable bonds is 4. The molecule has 0 bridgehead atoms. The molecule has 0 aliphatic carbocycles. The van der Waals surface area contributed by atoms with Crippen LogP contribution in [0.25, 0.3) is 0 Å². The van der Waals surface area contributed by atoms with Crippen LogP contribution in [0.3, 0.4) is 0 Å². The summed E-state index contributed by atoms with van der Waals surface area (Å²) >= 11 is 0. The van der Waals surface area contributed by atoms with Gasteiger partial charge < -0.3 is 4.42 Å². The fraction of sp³-hybridized carbons (Fsp3) is 0.600. The standard InChI is InChI=1S/C10H15NO5S2/c1-11(7-9-3-2-5-16-9)18(14,15)10-4-6-17(12,13)8-10/h2-3,5,10H,4,6-8H2,1H3/t10-/m0/s1. The summed E-state index contributed by atoms with van der Waals surface area (Å²) in [5.41, 5.74) is 0. The van der Waals surface area contributed by atoms with Crippen LogP contribution in [0.15, 0.2) is 22.8 Å². The Morgan fingerprint density at radius 2 is 2.22 bits per heavy atom. The van der Waals surface area contributed by atoms with Crippen LogP contribution in [0.1, 0.15) is 12.2 Å². The molecule has 18 heavy (non-hydrogen) atoms. The largest absolute Gasteiger partial charge is 0.468 e. The van der Waals surface area contributed by atoms with Crippen LogP contribution in [-0.2, 0) is 26.4 Å². The van der Waals surface area contributed by atoms with Gasteiger partial charge in [0.15, 0.2) is 9.84 Å². The van der Waals surface area contributed by atoms with Crippen LogP contribution >= 0.6 is 0 Å². The Labute approximate surface area is 107 Å². The van der Waals surface area contributed by atoms with Gasteiger partial charge in [0.1, 0.15) is 5.76 Å². The van der Waals surface area contributed by atoms with Crippen molar-refractivity contribution in [2.24, 2.45) is 0 Å². The number of sulfonamides is 1. The maximum absolute atomic E-state index is 12.2. The number of hydrogen-bond donors (Lipinski definition) is 0. The molecule has 2 heterocycles. The summed E-state index contributed by atoms with van der Waals surface area (Å²) in [4.78, 5) is 0. The highest BCUT2D eigenvalue weighted by molar-refractivity contribution is 7.95. The molecule has 2 rings (SSSR count). The van der Waals surface area contributed by atoms with E-state index in [1.165, 1.54) is 13.3 Å². The average Bonchev–Trinajstić information content (AvgIpc) is 2.87. The van der Waals surface area contributed by atoms with Gasteiger partial charge in [-0.3, -0.25) is 0 Å². The number of hydrogen-bond acceptors (Lipinski definition) is 5. The van der Waals surface area contributed by atoms with Gasteiger partial charge in [0.2, 0.25) is 10.0 Å². The first-order chi connectivity index (χ1) is 8.31. The van der Waals surface area contributed by atoms with Gasteiger partial charge in [0.25, 0.3) is 0 Å². The molecule has 6 nitrogen and oxygen atoms in total. The van der Waals surface area contributed by atoms with E-state index < -0.39 is 25.1 Å². The predicted octanol–water partition coefficient (Wildman–Crippen LogP) is 0.228. The van der Waals surface area contributed by atoms with Crippen molar-refractivity contribution in [1.82, 2.24) is 4.31 Å². The van der Waals surface area contributed by atoms with Gasteiger partial charge in [0.05, 0.1) is 29.6 Å². The smallest absolute Gasteiger partial charge is 0.218 e. The van der Waals surface area contributed by atoms with E-state index in [1.54, 1.807) is 12.1 Å². The van der Waals surface area contributed by atoms with E-state index in [9.17, 15) is 16.8 Å². The van der Waals surface area contributed by atoms with Crippen molar-refractivity contribution >= 4 is 19.9 Å². The monoisotopic (exact) mass is 293 g/mol. The highest BCUT2D eigenvalue weighted by atomic mass is 32.2. The van der Waals surface area contributed by atoms with Crippen LogP contribution < -0.4 is 0 Å². The van der Waals surface area contributed by atoms with Crippen molar-refractivity contribution in [3.05, 3.63) is 24.2 Å². The number of furan rings is 1. The average molecular weight is 293 g/mol. The lowest BCUT2D eigenvalue weighted by molar-refractivity contribution is 0.402. The zero-order valence-corrected chi connectivity index (χ0v) is 11.6. The van der Waals surface area contributed by atoms with Gasteiger partial charge in [-0.2, -0.15) is 4.31 Å². The molecule has 1 saturated heterocycles. The lowest BCUT2D eigenvalue weighted by Gasteiger charge is -2.19. The highest BCUT2D eigenvalue weighted by Gasteiger charge is 2.39.